The first-order chi connectivity index (χ1) is 13.1. The number of hydrogen-bond donors (Lipinski definition) is 0. The molecule has 3 aromatic rings. The van der Waals surface area contributed by atoms with E-state index in [1.165, 1.54) is 16.6 Å². The molecule has 27 heavy (non-hydrogen) atoms. The summed E-state index contributed by atoms with van der Waals surface area (Å²) >= 11 is 1.76. The Morgan fingerprint density at radius 3 is 2.44 bits per heavy atom. The number of aromatic nitrogens is 1. The summed E-state index contributed by atoms with van der Waals surface area (Å²) < 4.78 is 6.23. The van der Waals surface area contributed by atoms with Crippen molar-refractivity contribution in [2.75, 3.05) is 13.1 Å². The fraction of sp³-hybridized carbons (Fsp3) is 0.286. The van der Waals surface area contributed by atoms with Gasteiger partial charge in [0.05, 0.1) is 15.2 Å². The monoisotopic (exact) mass is 380 g/mol. The zero-order valence-corrected chi connectivity index (χ0v) is 15.9. The summed E-state index contributed by atoms with van der Waals surface area (Å²) in [4.78, 5) is 30.4. The third-order valence-electron chi connectivity index (χ3n) is 4.80. The lowest BCUT2D eigenvalue weighted by Gasteiger charge is -2.31. The van der Waals surface area contributed by atoms with Crippen LogP contribution in [0.2, 0.25) is 0 Å². The highest BCUT2D eigenvalue weighted by Crippen LogP contribution is 2.34. The molecule has 1 aliphatic rings. The number of para-hydroxylation sites is 1. The second kappa shape index (κ2) is 7.48. The van der Waals surface area contributed by atoms with E-state index in [0.29, 0.717) is 17.2 Å². The van der Waals surface area contributed by atoms with Crippen LogP contribution >= 0.6 is 11.3 Å². The largest absolute Gasteiger partial charge is 0.427 e. The molecule has 0 N–H and O–H groups in total. The number of benzene rings is 2. The lowest BCUT2D eigenvalue weighted by molar-refractivity contribution is -0.131. The quantitative estimate of drug-likeness (QED) is 0.504. The first-order valence-electron chi connectivity index (χ1n) is 9.03. The minimum atomic E-state index is -0.369. The Morgan fingerprint density at radius 2 is 1.78 bits per heavy atom. The van der Waals surface area contributed by atoms with Crippen LogP contribution in [0.15, 0.2) is 48.5 Å². The molecule has 1 amide bonds. The van der Waals surface area contributed by atoms with Crippen LogP contribution in [0.25, 0.3) is 10.2 Å². The highest BCUT2D eigenvalue weighted by atomic mass is 32.1. The van der Waals surface area contributed by atoms with Crippen LogP contribution in [0.4, 0.5) is 0 Å². The number of ether oxygens (including phenoxy) is 1. The maximum absolute atomic E-state index is 12.7. The molecule has 2 heterocycles. The molecule has 2 aromatic carbocycles. The zero-order chi connectivity index (χ0) is 18.8. The second-order valence-electron chi connectivity index (χ2n) is 6.70. The van der Waals surface area contributed by atoms with Gasteiger partial charge in [0.25, 0.3) is 5.91 Å². The Bertz CT molecular complexity index is 940. The van der Waals surface area contributed by atoms with Crippen LogP contribution in [-0.4, -0.2) is 34.8 Å². The summed E-state index contributed by atoms with van der Waals surface area (Å²) in [6.07, 6.45) is 1.86. The van der Waals surface area contributed by atoms with Crippen molar-refractivity contribution in [2.24, 2.45) is 0 Å². The molecular formula is C21H20N2O3S. The summed E-state index contributed by atoms with van der Waals surface area (Å²) in [6.45, 7) is 2.81. The van der Waals surface area contributed by atoms with E-state index in [0.717, 1.165) is 31.4 Å². The van der Waals surface area contributed by atoms with E-state index in [2.05, 4.69) is 6.07 Å². The van der Waals surface area contributed by atoms with Crippen molar-refractivity contribution in [1.82, 2.24) is 9.88 Å². The first-order valence-corrected chi connectivity index (χ1v) is 9.85. The molecule has 1 saturated heterocycles. The molecule has 0 atom stereocenters. The predicted octanol–water partition coefficient (Wildman–Crippen LogP) is 4.24. The number of carbonyl (C=O) groups is 2. The number of amides is 1. The molecule has 6 heteroatoms. The van der Waals surface area contributed by atoms with Crippen molar-refractivity contribution in [2.45, 2.75) is 25.7 Å². The minimum absolute atomic E-state index is 0.0205. The van der Waals surface area contributed by atoms with Crippen molar-refractivity contribution < 1.29 is 14.3 Å². The van der Waals surface area contributed by atoms with Gasteiger partial charge in [-0.05, 0) is 49.2 Å². The van der Waals surface area contributed by atoms with Crippen LogP contribution < -0.4 is 4.74 Å². The van der Waals surface area contributed by atoms with Crippen molar-refractivity contribution in [3.63, 3.8) is 0 Å². The molecular weight excluding hydrogens is 360 g/mol. The van der Waals surface area contributed by atoms with E-state index in [1.807, 2.05) is 23.1 Å². The number of rotatable bonds is 3. The van der Waals surface area contributed by atoms with Crippen molar-refractivity contribution in [3.05, 3.63) is 59.1 Å². The normalized spacial score (nSPS) is 15.1. The zero-order valence-electron chi connectivity index (χ0n) is 15.1. The number of hydrogen-bond acceptors (Lipinski definition) is 5. The maximum Gasteiger partial charge on any atom is 0.308 e. The van der Waals surface area contributed by atoms with Gasteiger partial charge in [0.2, 0.25) is 0 Å². The molecule has 138 valence electrons. The highest BCUT2D eigenvalue weighted by molar-refractivity contribution is 7.18. The summed E-state index contributed by atoms with van der Waals surface area (Å²) in [5.41, 5.74) is 1.67. The predicted molar refractivity (Wildman–Crippen MR) is 105 cm³/mol. The molecule has 1 aromatic heterocycles. The molecule has 0 spiro atoms. The molecule has 1 fully saturated rings. The topological polar surface area (TPSA) is 59.5 Å². The third kappa shape index (κ3) is 3.85. The Kier molecular flexibility index (Phi) is 4.90. The van der Waals surface area contributed by atoms with Crippen molar-refractivity contribution >= 4 is 33.4 Å². The van der Waals surface area contributed by atoms with Crippen molar-refractivity contribution in [1.29, 1.82) is 0 Å². The minimum Gasteiger partial charge on any atom is -0.427 e. The number of esters is 1. The fourth-order valence-electron chi connectivity index (χ4n) is 3.41. The fourth-order valence-corrected chi connectivity index (χ4v) is 4.54. The smallest absolute Gasteiger partial charge is 0.308 e. The molecule has 5 nitrogen and oxygen atoms in total. The number of carbonyl (C=O) groups excluding carboxylic acids is 2. The SMILES string of the molecule is CC(=O)Oc1ccc(C(=O)N2CCC(c3nc4ccccc4s3)CC2)cc1. The highest BCUT2D eigenvalue weighted by Gasteiger charge is 2.26. The average molecular weight is 380 g/mol. The van der Waals surface area contributed by atoms with Crippen LogP contribution in [0, 0.1) is 0 Å². The lowest BCUT2D eigenvalue weighted by atomic mass is 9.97. The molecule has 0 unspecified atom stereocenters. The molecule has 0 bridgehead atoms. The van der Waals surface area contributed by atoms with Crippen LogP contribution in [0.3, 0.4) is 0 Å². The average Bonchev–Trinajstić information content (AvgIpc) is 3.12. The van der Waals surface area contributed by atoms with Gasteiger partial charge in [-0.1, -0.05) is 12.1 Å². The Morgan fingerprint density at radius 1 is 1.07 bits per heavy atom. The van der Waals surface area contributed by atoms with Gasteiger partial charge in [-0.15, -0.1) is 11.3 Å². The van der Waals surface area contributed by atoms with Gasteiger partial charge in [-0.2, -0.15) is 0 Å². The summed E-state index contributed by atoms with van der Waals surface area (Å²) in [6, 6.07) is 14.9. The number of piperidine rings is 1. The standard InChI is InChI=1S/C21H20N2O3S/c1-14(24)26-17-8-6-16(7-9-17)21(25)23-12-10-15(11-13-23)20-22-18-4-2-3-5-19(18)27-20/h2-9,15H,10-13H2,1H3. The molecule has 0 saturated carbocycles. The molecule has 4 rings (SSSR count). The number of likely N-dealkylation sites (tertiary alicyclic amines) is 1. The van der Waals surface area contributed by atoms with Gasteiger partial charge in [-0.3, -0.25) is 9.59 Å². The van der Waals surface area contributed by atoms with E-state index in [4.69, 9.17) is 9.72 Å². The molecule has 0 aliphatic carbocycles. The van der Waals surface area contributed by atoms with Crippen LogP contribution in [-0.2, 0) is 4.79 Å². The van der Waals surface area contributed by atoms with Gasteiger partial charge in [0, 0.05) is 31.5 Å². The van der Waals surface area contributed by atoms with E-state index >= 15 is 0 Å². The first kappa shape index (κ1) is 17.7. The van der Waals surface area contributed by atoms with Gasteiger partial charge in [0.15, 0.2) is 0 Å². The number of thiazole rings is 1. The maximum atomic E-state index is 12.7. The Labute approximate surface area is 161 Å². The Balaban J connectivity index is 1.39. The van der Waals surface area contributed by atoms with Gasteiger partial charge >= 0.3 is 5.97 Å². The van der Waals surface area contributed by atoms with Crippen LogP contribution in [0.1, 0.15) is 41.0 Å². The third-order valence-corrected chi connectivity index (χ3v) is 6.00. The van der Waals surface area contributed by atoms with Crippen LogP contribution in [0.5, 0.6) is 5.75 Å². The second-order valence-corrected chi connectivity index (χ2v) is 7.77. The van der Waals surface area contributed by atoms with Crippen molar-refractivity contribution in [3.8, 4) is 5.75 Å². The summed E-state index contributed by atoms with van der Waals surface area (Å²) in [5, 5.41) is 1.18. The van der Waals surface area contributed by atoms with Gasteiger partial charge in [-0.25, -0.2) is 4.98 Å². The summed E-state index contributed by atoms with van der Waals surface area (Å²) in [7, 11) is 0. The van der Waals surface area contributed by atoms with E-state index in [1.54, 1.807) is 35.6 Å². The number of nitrogens with zero attached hydrogens (tertiary/aromatic N) is 2. The van der Waals surface area contributed by atoms with E-state index in [9.17, 15) is 9.59 Å². The van der Waals surface area contributed by atoms with E-state index < -0.39 is 0 Å². The van der Waals surface area contributed by atoms with Gasteiger partial charge in [0.1, 0.15) is 5.75 Å². The van der Waals surface area contributed by atoms with E-state index in [-0.39, 0.29) is 11.9 Å². The molecule has 0 radical (unpaired) electrons. The Hall–Kier alpha value is -2.73. The lowest BCUT2D eigenvalue weighted by Crippen LogP contribution is -2.37. The van der Waals surface area contributed by atoms with Gasteiger partial charge < -0.3 is 9.64 Å². The molecule has 1 aliphatic heterocycles. The summed E-state index contributed by atoms with van der Waals surface area (Å²) in [5.74, 6) is 0.518. The number of fused-ring (bicyclic) bond motifs is 1.